The molecule has 1 amide bonds. The lowest BCUT2D eigenvalue weighted by Crippen LogP contribution is -2.36. The topological polar surface area (TPSA) is 67.2 Å². The van der Waals surface area contributed by atoms with Gasteiger partial charge in [-0.2, -0.15) is 0 Å². The van der Waals surface area contributed by atoms with Crippen LogP contribution in [0.5, 0.6) is 0 Å². The van der Waals surface area contributed by atoms with Gasteiger partial charge in [0.05, 0.1) is 12.8 Å². The third kappa shape index (κ3) is 3.02. The summed E-state index contributed by atoms with van der Waals surface area (Å²) in [4.78, 5) is 16.5. The zero-order chi connectivity index (χ0) is 14.5. The SMILES string of the molecule is CSc1ncc(C(=O)NC(C)CO)n1-c1ccccc1. The Hall–Kier alpha value is -1.79. The first-order valence-electron chi connectivity index (χ1n) is 6.26. The number of carbonyl (C=O) groups is 1. The van der Waals surface area contributed by atoms with Gasteiger partial charge in [-0.15, -0.1) is 0 Å². The fourth-order valence-corrected chi connectivity index (χ4v) is 2.35. The number of hydrogen-bond acceptors (Lipinski definition) is 4. The average molecular weight is 291 g/mol. The van der Waals surface area contributed by atoms with Gasteiger partial charge in [0.15, 0.2) is 5.16 Å². The Bertz CT molecular complexity index is 583. The highest BCUT2D eigenvalue weighted by atomic mass is 32.2. The lowest BCUT2D eigenvalue weighted by atomic mass is 10.3. The molecule has 0 aliphatic carbocycles. The van der Waals surface area contributed by atoms with Crippen molar-refractivity contribution in [2.75, 3.05) is 12.9 Å². The largest absolute Gasteiger partial charge is 0.394 e. The first-order valence-corrected chi connectivity index (χ1v) is 7.48. The van der Waals surface area contributed by atoms with Gasteiger partial charge in [0.25, 0.3) is 5.91 Å². The molecule has 1 aromatic heterocycles. The monoisotopic (exact) mass is 291 g/mol. The van der Waals surface area contributed by atoms with Crippen molar-refractivity contribution in [1.82, 2.24) is 14.9 Å². The molecule has 1 unspecified atom stereocenters. The zero-order valence-electron chi connectivity index (χ0n) is 11.4. The summed E-state index contributed by atoms with van der Waals surface area (Å²) in [5.74, 6) is -0.247. The molecule has 0 aliphatic heterocycles. The Kier molecular flexibility index (Phi) is 4.81. The number of benzene rings is 1. The number of aromatic nitrogens is 2. The Labute approximate surface area is 122 Å². The number of carbonyl (C=O) groups excluding carboxylic acids is 1. The van der Waals surface area contributed by atoms with Crippen LogP contribution in [-0.4, -0.2) is 39.5 Å². The van der Waals surface area contributed by atoms with E-state index in [-0.39, 0.29) is 18.6 Å². The van der Waals surface area contributed by atoms with Gasteiger partial charge in [0.1, 0.15) is 5.69 Å². The number of amides is 1. The number of thioether (sulfide) groups is 1. The van der Waals surface area contributed by atoms with Gasteiger partial charge in [-0.3, -0.25) is 9.36 Å². The lowest BCUT2D eigenvalue weighted by Gasteiger charge is -2.13. The molecule has 0 fully saturated rings. The summed E-state index contributed by atoms with van der Waals surface area (Å²) in [6, 6.07) is 9.31. The predicted octanol–water partition coefficient (Wildman–Crippen LogP) is 1.70. The minimum absolute atomic E-state index is 0.0966. The van der Waals surface area contributed by atoms with Gasteiger partial charge in [0, 0.05) is 11.7 Å². The van der Waals surface area contributed by atoms with Crippen molar-refractivity contribution < 1.29 is 9.90 Å². The van der Waals surface area contributed by atoms with E-state index in [0.29, 0.717) is 5.69 Å². The average Bonchev–Trinajstić information content (AvgIpc) is 2.91. The number of hydrogen-bond donors (Lipinski definition) is 2. The highest BCUT2D eigenvalue weighted by Crippen LogP contribution is 2.21. The van der Waals surface area contributed by atoms with E-state index in [2.05, 4.69) is 10.3 Å². The molecule has 0 spiro atoms. The van der Waals surface area contributed by atoms with Crippen LogP contribution in [0.3, 0.4) is 0 Å². The molecule has 2 N–H and O–H groups in total. The third-order valence-corrected chi connectivity index (χ3v) is 3.46. The van der Waals surface area contributed by atoms with E-state index in [4.69, 9.17) is 5.11 Å². The number of imidazole rings is 1. The third-order valence-electron chi connectivity index (χ3n) is 2.81. The Morgan fingerprint density at radius 2 is 2.15 bits per heavy atom. The van der Waals surface area contributed by atoms with Crippen LogP contribution < -0.4 is 5.32 Å². The fourth-order valence-electron chi connectivity index (χ4n) is 1.81. The number of nitrogens with zero attached hydrogens (tertiary/aromatic N) is 2. The highest BCUT2D eigenvalue weighted by Gasteiger charge is 2.18. The lowest BCUT2D eigenvalue weighted by molar-refractivity contribution is 0.0915. The number of para-hydroxylation sites is 1. The first kappa shape index (κ1) is 14.6. The second-order valence-electron chi connectivity index (χ2n) is 4.36. The van der Waals surface area contributed by atoms with Gasteiger partial charge >= 0.3 is 0 Å². The van der Waals surface area contributed by atoms with Gasteiger partial charge in [-0.25, -0.2) is 4.98 Å². The maximum atomic E-state index is 12.2. The van der Waals surface area contributed by atoms with Crippen molar-refractivity contribution in [3.8, 4) is 5.69 Å². The minimum atomic E-state index is -0.292. The highest BCUT2D eigenvalue weighted by molar-refractivity contribution is 7.98. The van der Waals surface area contributed by atoms with Crippen molar-refractivity contribution in [2.24, 2.45) is 0 Å². The van der Waals surface area contributed by atoms with Crippen LogP contribution in [0.1, 0.15) is 17.4 Å². The molecule has 0 saturated heterocycles. The summed E-state index contributed by atoms with van der Waals surface area (Å²) in [5.41, 5.74) is 1.34. The number of aliphatic hydroxyl groups excluding tert-OH is 1. The zero-order valence-corrected chi connectivity index (χ0v) is 12.2. The summed E-state index contributed by atoms with van der Waals surface area (Å²) < 4.78 is 1.81. The summed E-state index contributed by atoms with van der Waals surface area (Å²) in [6.45, 7) is 1.65. The molecule has 106 valence electrons. The van der Waals surface area contributed by atoms with E-state index in [0.717, 1.165) is 10.8 Å². The van der Waals surface area contributed by atoms with Crippen molar-refractivity contribution >= 4 is 17.7 Å². The molecule has 1 atom stereocenters. The van der Waals surface area contributed by atoms with Crippen LogP contribution in [0, 0.1) is 0 Å². The molecule has 0 aliphatic rings. The van der Waals surface area contributed by atoms with E-state index < -0.39 is 0 Å². The van der Waals surface area contributed by atoms with Gasteiger partial charge in [-0.1, -0.05) is 30.0 Å². The second-order valence-corrected chi connectivity index (χ2v) is 5.13. The van der Waals surface area contributed by atoms with E-state index in [1.165, 1.54) is 11.8 Å². The maximum absolute atomic E-state index is 12.2. The smallest absolute Gasteiger partial charge is 0.270 e. The first-order chi connectivity index (χ1) is 9.67. The molecule has 20 heavy (non-hydrogen) atoms. The Balaban J connectivity index is 2.40. The Morgan fingerprint density at radius 1 is 1.45 bits per heavy atom. The van der Waals surface area contributed by atoms with E-state index in [1.807, 2.05) is 41.2 Å². The van der Waals surface area contributed by atoms with Gasteiger partial charge < -0.3 is 10.4 Å². The molecule has 2 rings (SSSR count). The van der Waals surface area contributed by atoms with Crippen LogP contribution in [0.25, 0.3) is 5.69 Å². The predicted molar refractivity (Wildman–Crippen MR) is 79.4 cm³/mol. The van der Waals surface area contributed by atoms with E-state index in [1.54, 1.807) is 13.1 Å². The second kappa shape index (κ2) is 6.58. The summed E-state index contributed by atoms with van der Waals surface area (Å²) in [7, 11) is 0. The van der Waals surface area contributed by atoms with Crippen LogP contribution in [0.4, 0.5) is 0 Å². The molecule has 1 aromatic carbocycles. The standard InChI is InChI=1S/C14H17N3O2S/c1-10(9-18)16-13(19)12-8-15-14(20-2)17(12)11-6-4-3-5-7-11/h3-8,10,18H,9H2,1-2H3,(H,16,19). The van der Waals surface area contributed by atoms with E-state index in [9.17, 15) is 4.79 Å². The normalized spacial score (nSPS) is 12.2. The van der Waals surface area contributed by atoms with Crippen molar-refractivity contribution in [3.05, 3.63) is 42.2 Å². The molecule has 1 heterocycles. The van der Waals surface area contributed by atoms with Crippen LogP contribution in [0.15, 0.2) is 41.7 Å². The molecule has 2 aromatic rings. The molecule has 0 bridgehead atoms. The van der Waals surface area contributed by atoms with Crippen molar-refractivity contribution in [2.45, 2.75) is 18.1 Å². The van der Waals surface area contributed by atoms with Crippen LogP contribution >= 0.6 is 11.8 Å². The number of aliphatic hydroxyl groups is 1. The van der Waals surface area contributed by atoms with Crippen molar-refractivity contribution in [1.29, 1.82) is 0 Å². The summed E-state index contributed by atoms with van der Waals surface area (Å²) in [6.07, 6.45) is 3.47. The number of rotatable bonds is 5. The maximum Gasteiger partial charge on any atom is 0.270 e. The molecule has 6 heteroatoms. The van der Waals surface area contributed by atoms with Gasteiger partial charge in [-0.05, 0) is 25.3 Å². The van der Waals surface area contributed by atoms with E-state index >= 15 is 0 Å². The Morgan fingerprint density at radius 3 is 2.75 bits per heavy atom. The fraction of sp³-hybridized carbons (Fsp3) is 0.286. The quantitative estimate of drug-likeness (QED) is 0.823. The molecule has 0 radical (unpaired) electrons. The molecule has 0 saturated carbocycles. The van der Waals surface area contributed by atoms with Crippen LogP contribution in [-0.2, 0) is 0 Å². The summed E-state index contributed by atoms with van der Waals surface area (Å²) in [5, 5.41) is 12.5. The minimum Gasteiger partial charge on any atom is -0.394 e. The molecular weight excluding hydrogens is 274 g/mol. The van der Waals surface area contributed by atoms with Crippen LogP contribution in [0.2, 0.25) is 0 Å². The molecular formula is C14H17N3O2S. The summed E-state index contributed by atoms with van der Waals surface area (Å²) >= 11 is 1.48. The molecule has 5 nitrogen and oxygen atoms in total. The van der Waals surface area contributed by atoms with Crippen molar-refractivity contribution in [3.63, 3.8) is 0 Å². The number of nitrogens with one attached hydrogen (secondary N) is 1. The van der Waals surface area contributed by atoms with Gasteiger partial charge in [0.2, 0.25) is 0 Å².